The fraction of sp³-hybridized carbons (Fsp3) is 0.0588. The third-order valence-corrected chi connectivity index (χ3v) is 5.43. The number of nitrogens with one attached hydrogen (secondary N) is 1. The summed E-state index contributed by atoms with van der Waals surface area (Å²) < 4.78 is 2.53. The van der Waals surface area contributed by atoms with Crippen LogP contribution in [0.25, 0.3) is 22.1 Å². The van der Waals surface area contributed by atoms with E-state index in [1.165, 1.54) is 12.3 Å². The lowest BCUT2D eigenvalue weighted by Crippen LogP contribution is -2.01. The van der Waals surface area contributed by atoms with Crippen LogP contribution in [0.2, 0.25) is 0 Å². The lowest BCUT2D eigenvalue weighted by Gasteiger charge is -2.06. The first kappa shape index (κ1) is 17.7. The zero-order valence-corrected chi connectivity index (χ0v) is 17.0. The highest BCUT2D eigenvalue weighted by atomic mass is 79.9. The Hall–Kier alpha value is -2.72. The van der Waals surface area contributed by atoms with E-state index in [9.17, 15) is 10.2 Å². The highest BCUT2D eigenvalue weighted by molar-refractivity contribution is 9.11. The zero-order chi connectivity index (χ0) is 19.1. The van der Waals surface area contributed by atoms with Gasteiger partial charge in [0.1, 0.15) is 21.5 Å². The van der Waals surface area contributed by atoms with Crippen molar-refractivity contribution in [1.29, 1.82) is 0 Å². The number of aryl methyl sites for hydroxylation is 1. The third kappa shape index (κ3) is 3.00. The molecular formula is C17H12Br2N6O2. The van der Waals surface area contributed by atoms with Crippen molar-refractivity contribution in [1.82, 2.24) is 19.7 Å². The van der Waals surface area contributed by atoms with Gasteiger partial charge in [-0.3, -0.25) is 0 Å². The first-order valence-electron chi connectivity index (χ1n) is 7.74. The lowest BCUT2D eigenvalue weighted by molar-refractivity contribution is 0.442. The smallest absolute Gasteiger partial charge is 0.265 e. The maximum atomic E-state index is 10.1. The Labute approximate surface area is 169 Å². The molecule has 0 atom stereocenters. The van der Waals surface area contributed by atoms with Crippen molar-refractivity contribution in [3.63, 3.8) is 0 Å². The molecule has 0 spiro atoms. The number of nitrogens with zero attached hydrogens (tertiary/aromatic N) is 5. The Morgan fingerprint density at radius 1 is 1.15 bits per heavy atom. The number of benzene rings is 2. The molecule has 4 aromatic rings. The van der Waals surface area contributed by atoms with Gasteiger partial charge in [0.15, 0.2) is 5.65 Å². The molecule has 136 valence electrons. The summed E-state index contributed by atoms with van der Waals surface area (Å²) in [6.45, 7) is 0. The summed E-state index contributed by atoms with van der Waals surface area (Å²) in [6, 6.07) is 9.40. The third-order valence-electron chi connectivity index (χ3n) is 4.07. The fourth-order valence-corrected chi connectivity index (χ4v) is 3.88. The second kappa shape index (κ2) is 6.78. The van der Waals surface area contributed by atoms with E-state index >= 15 is 0 Å². The van der Waals surface area contributed by atoms with E-state index in [0.29, 0.717) is 21.2 Å². The molecular weight excluding hydrogens is 480 g/mol. The summed E-state index contributed by atoms with van der Waals surface area (Å²) in [5, 5.41) is 33.1. The van der Waals surface area contributed by atoms with Crippen molar-refractivity contribution in [2.75, 3.05) is 5.43 Å². The Balaban J connectivity index is 1.66. The predicted octanol–water partition coefficient (Wildman–Crippen LogP) is 3.90. The van der Waals surface area contributed by atoms with E-state index in [1.54, 1.807) is 0 Å². The molecule has 8 nitrogen and oxygen atoms in total. The van der Waals surface area contributed by atoms with E-state index in [4.69, 9.17) is 0 Å². The predicted molar refractivity (Wildman–Crippen MR) is 110 cm³/mol. The summed E-state index contributed by atoms with van der Waals surface area (Å²) in [4.78, 5) is 4.46. The van der Waals surface area contributed by atoms with Gasteiger partial charge < -0.3 is 14.8 Å². The van der Waals surface area contributed by atoms with Gasteiger partial charge in [0.25, 0.3) is 5.95 Å². The molecule has 2 aromatic carbocycles. The summed E-state index contributed by atoms with van der Waals surface area (Å²) >= 11 is 6.33. The van der Waals surface area contributed by atoms with Crippen LogP contribution in [0, 0.1) is 0 Å². The van der Waals surface area contributed by atoms with Crippen LogP contribution >= 0.6 is 31.9 Å². The highest BCUT2D eigenvalue weighted by Crippen LogP contribution is 2.40. The molecule has 27 heavy (non-hydrogen) atoms. The number of aromatic nitrogens is 4. The van der Waals surface area contributed by atoms with Crippen LogP contribution in [0.3, 0.4) is 0 Å². The molecule has 0 saturated carbocycles. The van der Waals surface area contributed by atoms with E-state index in [0.717, 1.165) is 10.9 Å². The van der Waals surface area contributed by atoms with Crippen LogP contribution in [0.15, 0.2) is 44.4 Å². The quantitative estimate of drug-likeness (QED) is 0.296. The molecule has 0 aliphatic heterocycles. The number of hydrogen-bond acceptors (Lipinski definition) is 7. The maximum Gasteiger partial charge on any atom is 0.265 e. The van der Waals surface area contributed by atoms with E-state index < -0.39 is 0 Å². The Bertz CT molecular complexity index is 1220. The molecule has 0 amide bonds. The largest absolute Gasteiger partial charge is 0.506 e. The number of phenols is 2. The molecule has 0 bridgehead atoms. The van der Waals surface area contributed by atoms with Gasteiger partial charge in [-0.05, 0) is 44.0 Å². The van der Waals surface area contributed by atoms with Gasteiger partial charge in [-0.2, -0.15) is 10.1 Å². The van der Waals surface area contributed by atoms with E-state index in [-0.39, 0.29) is 21.9 Å². The van der Waals surface area contributed by atoms with Crippen LogP contribution in [0.5, 0.6) is 11.5 Å². The van der Waals surface area contributed by atoms with Gasteiger partial charge in [0.2, 0.25) is 0 Å². The fourth-order valence-electron chi connectivity index (χ4n) is 2.73. The number of halogens is 2. The van der Waals surface area contributed by atoms with Crippen molar-refractivity contribution in [3.8, 4) is 11.5 Å². The number of phenolic OH excluding ortho intramolecular Hbond substituents is 2. The number of hydrogen-bond donors (Lipinski definition) is 3. The average molecular weight is 492 g/mol. The first-order valence-corrected chi connectivity index (χ1v) is 9.33. The molecule has 4 rings (SSSR count). The Morgan fingerprint density at radius 3 is 2.74 bits per heavy atom. The topological polar surface area (TPSA) is 108 Å². The highest BCUT2D eigenvalue weighted by Gasteiger charge is 2.13. The normalized spacial score (nSPS) is 11.7. The monoisotopic (exact) mass is 490 g/mol. The van der Waals surface area contributed by atoms with E-state index in [1.807, 2.05) is 35.9 Å². The molecule has 0 unspecified atom stereocenters. The summed E-state index contributed by atoms with van der Waals surface area (Å²) in [7, 11) is 1.91. The van der Waals surface area contributed by atoms with Crippen molar-refractivity contribution < 1.29 is 10.2 Å². The molecule has 2 heterocycles. The van der Waals surface area contributed by atoms with Crippen molar-refractivity contribution in [3.05, 3.63) is 44.8 Å². The van der Waals surface area contributed by atoms with Crippen LogP contribution in [-0.2, 0) is 7.05 Å². The van der Waals surface area contributed by atoms with Crippen molar-refractivity contribution in [2.24, 2.45) is 12.1 Å². The average Bonchev–Trinajstić information content (AvgIpc) is 2.96. The number of aromatic hydroxyl groups is 2. The van der Waals surface area contributed by atoms with Crippen LogP contribution in [-0.4, -0.2) is 36.2 Å². The second-order valence-electron chi connectivity index (χ2n) is 5.71. The van der Waals surface area contributed by atoms with Gasteiger partial charge in [-0.25, -0.2) is 5.43 Å². The maximum absolute atomic E-state index is 10.1. The molecule has 0 aliphatic carbocycles. The molecule has 0 aliphatic rings. The lowest BCUT2D eigenvalue weighted by atomic mass is 10.2. The van der Waals surface area contributed by atoms with Crippen molar-refractivity contribution in [2.45, 2.75) is 0 Å². The minimum absolute atomic E-state index is 0.0913. The van der Waals surface area contributed by atoms with Crippen LogP contribution in [0.1, 0.15) is 5.56 Å². The minimum atomic E-state index is -0.135. The number of fused-ring (bicyclic) bond motifs is 3. The number of rotatable bonds is 3. The molecule has 0 radical (unpaired) electrons. The van der Waals surface area contributed by atoms with Gasteiger partial charge >= 0.3 is 0 Å². The Kier molecular flexibility index (Phi) is 4.44. The first-order chi connectivity index (χ1) is 13.0. The number of para-hydroxylation sites is 1. The SMILES string of the molecule is Cn1c2ccccc2c2nnc(NN=Cc3cc(Br)c(O)c(Br)c3O)nc21. The molecule has 10 heteroatoms. The summed E-state index contributed by atoms with van der Waals surface area (Å²) in [6.07, 6.45) is 1.39. The molecule has 3 N–H and O–H groups in total. The number of hydrazone groups is 1. The molecule has 2 aromatic heterocycles. The summed E-state index contributed by atoms with van der Waals surface area (Å²) in [5.41, 5.74) is 5.50. The second-order valence-corrected chi connectivity index (χ2v) is 7.36. The van der Waals surface area contributed by atoms with Gasteiger partial charge in [-0.15, -0.1) is 10.2 Å². The van der Waals surface area contributed by atoms with Crippen LogP contribution in [0.4, 0.5) is 5.95 Å². The zero-order valence-electron chi connectivity index (χ0n) is 13.9. The van der Waals surface area contributed by atoms with Crippen LogP contribution < -0.4 is 5.43 Å². The van der Waals surface area contributed by atoms with Gasteiger partial charge in [0, 0.05) is 18.0 Å². The van der Waals surface area contributed by atoms with Gasteiger partial charge in [-0.1, -0.05) is 18.2 Å². The van der Waals surface area contributed by atoms with Gasteiger partial charge in [0.05, 0.1) is 16.2 Å². The van der Waals surface area contributed by atoms with Crippen molar-refractivity contribution >= 4 is 66.1 Å². The van der Waals surface area contributed by atoms with E-state index in [2.05, 4.69) is 57.6 Å². The summed E-state index contributed by atoms with van der Waals surface area (Å²) in [5.74, 6) is -0.00291. The minimum Gasteiger partial charge on any atom is -0.506 e. The molecule has 0 saturated heterocycles. The Morgan fingerprint density at radius 2 is 1.93 bits per heavy atom. The standard InChI is InChI=1S/C17H12Br2N6O2/c1-25-11-5-3-2-4-9(11)13-16(25)21-17(24-22-13)23-20-7-8-6-10(18)15(27)12(19)14(8)26/h2-7,26-27H,1H3,(H,21,23,24). The molecule has 0 fully saturated rings. The number of anilines is 1.